The van der Waals surface area contributed by atoms with Gasteiger partial charge in [0.05, 0.1) is 17.9 Å². The molecule has 1 N–H and O–H groups in total. The van der Waals surface area contributed by atoms with Gasteiger partial charge in [-0.15, -0.1) is 12.4 Å². The highest BCUT2D eigenvalue weighted by Crippen LogP contribution is 2.15. The lowest BCUT2D eigenvalue weighted by Gasteiger charge is -2.06. The van der Waals surface area contributed by atoms with Gasteiger partial charge in [0.25, 0.3) is 0 Å². The number of aromatic nitrogens is 3. The second-order valence-electron chi connectivity index (χ2n) is 5.21. The normalized spacial score (nSPS) is 10.6. The minimum atomic E-state index is 0. The van der Waals surface area contributed by atoms with Crippen LogP contribution in [0.4, 0.5) is 5.69 Å². The first-order chi connectivity index (χ1) is 8.56. The van der Waals surface area contributed by atoms with Gasteiger partial charge in [0.15, 0.2) is 0 Å². The number of aryl methyl sites for hydroxylation is 2. The second-order valence-corrected chi connectivity index (χ2v) is 5.21. The standard InChI is InChI=1S/C14H22N4.ClH/c1-11(2)9-18-10-14(12(3)16-18)15-8-13-6-5-7-17(13)4;/h5-7,10-11,15H,8-9H2,1-4H3;1H. The Morgan fingerprint density at radius 3 is 2.68 bits per heavy atom. The number of hydrogen-bond donors (Lipinski definition) is 1. The molecule has 0 fully saturated rings. The van der Waals surface area contributed by atoms with Crippen LogP contribution in [0.3, 0.4) is 0 Å². The summed E-state index contributed by atoms with van der Waals surface area (Å²) in [4.78, 5) is 0. The molecule has 2 aromatic heterocycles. The van der Waals surface area contributed by atoms with Crippen molar-refractivity contribution in [2.45, 2.75) is 33.9 Å². The lowest BCUT2D eigenvalue weighted by molar-refractivity contribution is 0.481. The molecule has 2 heterocycles. The fraction of sp³-hybridized carbons (Fsp3) is 0.500. The van der Waals surface area contributed by atoms with Gasteiger partial charge in [0, 0.05) is 31.7 Å². The highest BCUT2D eigenvalue weighted by molar-refractivity contribution is 5.85. The molecule has 2 aromatic rings. The quantitative estimate of drug-likeness (QED) is 0.914. The molecule has 0 saturated heterocycles. The Morgan fingerprint density at radius 2 is 2.11 bits per heavy atom. The summed E-state index contributed by atoms with van der Waals surface area (Å²) in [6.45, 7) is 8.25. The molecule has 0 amide bonds. The fourth-order valence-electron chi connectivity index (χ4n) is 2.02. The van der Waals surface area contributed by atoms with Crippen molar-refractivity contribution in [3.8, 4) is 0 Å². The van der Waals surface area contributed by atoms with Crippen molar-refractivity contribution in [2.75, 3.05) is 5.32 Å². The van der Waals surface area contributed by atoms with Crippen molar-refractivity contribution in [3.63, 3.8) is 0 Å². The Morgan fingerprint density at radius 1 is 1.37 bits per heavy atom. The summed E-state index contributed by atoms with van der Waals surface area (Å²) in [7, 11) is 2.06. The molecule has 0 aromatic carbocycles. The molecule has 4 nitrogen and oxygen atoms in total. The molecule has 0 saturated carbocycles. The van der Waals surface area contributed by atoms with E-state index in [0.717, 1.165) is 24.5 Å². The Bertz CT molecular complexity index is 513. The van der Waals surface area contributed by atoms with E-state index in [9.17, 15) is 0 Å². The van der Waals surface area contributed by atoms with Crippen LogP contribution in [0.25, 0.3) is 0 Å². The molecule has 0 radical (unpaired) electrons. The van der Waals surface area contributed by atoms with Crippen LogP contribution in [0.2, 0.25) is 0 Å². The van der Waals surface area contributed by atoms with Gasteiger partial charge < -0.3 is 9.88 Å². The molecule has 5 heteroatoms. The number of halogens is 1. The van der Waals surface area contributed by atoms with Crippen molar-refractivity contribution >= 4 is 18.1 Å². The molecule has 0 atom stereocenters. The maximum atomic E-state index is 4.52. The Kier molecular flexibility index (Phi) is 5.48. The van der Waals surface area contributed by atoms with Crippen molar-refractivity contribution in [1.82, 2.24) is 14.3 Å². The lowest BCUT2D eigenvalue weighted by Crippen LogP contribution is -2.05. The second kappa shape index (κ2) is 6.66. The van der Waals surface area contributed by atoms with Gasteiger partial charge in [-0.25, -0.2) is 0 Å². The minimum Gasteiger partial charge on any atom is -0.377 e. The zero-order chi connectivity index (χ0) is 13.1. The van der Waals surface area contributed by atoms with Crippen LogP contribution in [0.15, 0.2) is 24.5 Å². The van der Waals surface area contributed by atoms with E-state index in [1.165, 1.54) is 5.69 Å². The van der Waals surface area contributed by atoms with Gasteiger partial charge in [-0.1, -0.05) is 13.8 Å². The topological polar surface area (TPSA) is 34.8 Å². The van der Waals surface area contributed by atoms with Crippen molar-refractivity contribution in [3.05, 3.63) is 35.9 Å². The van der Waals surface area contributed by atoms with E-state index in [-0.39, 0.29) is 12.4 Å². The van der Waals surface area contributed by atoms with Crippen molar-refractivity contribution in [2.24, 2.45) is 13.0 Å². The van der Waals surface area contributed by atoms with Crippen LogP contribution in [0.5, 0.6) is 0 Å². The predicted molar refractivity (Wildman–Crippen MR) is 81.8 cm³/mol. The van der Waals surface area contributed by atoms with Crippen LogP contribution in [-0.2, 0) is 20.1 Å². The molecule has 0 bridgehead atoms. The summed E-state index contributed by atoms with van der Waals surface area (Å²) in [6, 6.07) is 4.19. The molecule has 0 aliphatic carbocycles. The Labute approximate surface area is 121 Å². The van der Waals surface area contributed by atoms with E-state index in [1.54, 1.807) is 0 Å². The third kappa shape index (κ3) is 4.03. The zero-order valence-electron chi connectivity index (χ0n) is 12.1. The average Bonchev–Trinajstić information content (AvgIpc) is 2.82. The molecule has 19 heavy (non-hydrogen) atoms. The van der Waals surface area contributed by atoms with E-state index in [1.807, 2.05) is 11.6 Å². The van der Waals surface area contributed by atoms with Gasteiger partial charge >= 0.3 is 0 Å². The lowest BCUT2D eigenvalue weighted by atomic mass is 10.2. The average molecular weight is 283 g/mol. The van der Waals surface area contributed by atoms with E-state index in [4.69, 9.17) is 0 Å². The zero-order valence-corrected chi connectivity index (χ0v) is 12.9. The van der Waals surface area contributed by atoms with Gasteiger partial charge in [-0.3, -0.25) is 4.68 Å². The van der Waals surface area contributed by atoms with Gasteiger partial charge in [0.1, 0.15) is 0 Å². The highest BCUT2D eigenvalue weighted by atomic mass is 35.5. The van der Waals surface area contributed by atoms with Crippen molar-refractivity contribution < 1.29 is 0 Å². The molecule has 106 valence electrons. The SMILES string of the molecule is Cc1nn(CC(C)C)cc1NCc1cccn1C.Cl. The molecule has 0 aliphatic rings. The van der Waals surface area contributed by atoms with E-state index < -0.39 is 0 Å². The maximum Gasteiger partial charge on any atom is 0.0825 e. The predicted octanol–water partition coefficient (Wildman–Crippen LogP) is 3.22. The van der Waals surface area contributed by atoms with Gasteiger partial charge in [-0.05, 0) is 25.0 Å². The van der Waals surface area contributed by atoms with Gasteiger partial charge in [0.2, 0.25) is 0 Å². The maximum absolute atomic E-state index is 4.52. The summed E-state index contributed by atoms with van der Waals surface area (Å²) in [6.07, 6.45) is 4.16. The van der Waals surface area contributed by atoms with Gasteiger partial charge in [-0.2, -0.15) is 5.10 Å². The molecular weight excluding hydrogens is 260 g/mol. The summed E-state index contributed by atoms with van der Waals surface area (Å²) in [5, 5.41) is 7.97. The minimum absolute atomic E-state index is 0. The molecule has 0 unspecified atom stereocenters. The van der Waals surface area contributed by atoms with Crippen LogP contribution in [0.1, 0.15) is 25.2 Å². The number of nitrogens with one attached hydrogen (secondary N) is 1. The summed E-state index contributed by atoms with van der Waals surface area (Å²) >= 11 is 0. The molecule has 0 spiro atoms. The Hall–Kier alpha value is -1.42. The van der Waals surface area contributed by atoms with Crippen LogP contribution < -0.4 is 5.32 Å². The van der Waals surface area contributed by atoms with Crippen LogP contribution in [0, 0.1) is 12.8 Å². The number of nitrogens with zero attached hydrogens (tertiary/aromatic N) is 3. The number of rotatable bonds is 5. The van der Waals surface area contributed by atoms with E-state index in [0.29, 0.717) is 5.92 Å². The highest BCUT2D eigenvalue weighted by Gasteiger charge is 2.06. The Balaban J connectivity index is 0.00000180. The summed E-state index contributed by atoms with van der Waals surface area (Å²) in [5.41, 5.74) is 3.45. The van der Waals surface area contributed by atoms with E-state index >= 15 is 0 Å². The largest absolute Gasteiger partial charge is 0.377 e. The first kappa shape index (κ1) is 15.6. The first-order valence-electron chi connectivity index (χ1n) is 6.44. The number of hydrogen-bond acceptors (Lipinski definition) is 2. The van der Waals surface area contributed by atoms with Crippen LogP contribution >= 0.6 is 12.4 Å². The monoisotopic (exact) mass is 282 g/mol. The number of anilines is 1. The summed E-state index contributed by atoms with van der Waals surface area (Å²) in [5.74, 6) is 0.616. The molecular formula is C14H23ClN4. The smallest absolute Gasteiger partial charge is 0.0825 e. The van der Waals surface area contributed by atoms with Crippen LogP contribution in [-0.4, -0.2) is 14.3 Å². The fourth-order valence-corrected chi connectivity index (χ4v) is 2.02. The third-order valence-corrected chi connectivity index (χ3v) is 3.01. The molecule has 0 aliphatic heterocycles. The summed E-state index contributed by atoms with van der Waals surface area (Å²) < 4.78 is 4.15. The third-order valence-electron chi connectivity index (χ3n) is 3.01. The van der Waals surface area contributed by atoms with E-state index in [2.05, 4.69) is 60.4 Å². The molecule has 2 rings (SSSR count). The van der Waals surface area contributed by atoms with Crippen molar-refractivity contribution in [1.29, 1.82) is 0 Å². The first-order valence-corrected chi connectivity index (χ1v) is 6.44.